The Labute approximate surface area is 122 Å². The van der Waals surface area contributed by atoms with Crippen LogP contribution < -0.4 is 16.6 Å². The first-order valence-electron chi connectivity index (χ1n) is 5.17. The van der Waals surface area contributed by atoms with Crippen molar-refractivity contribution in [2.45, 2.75) is 0 Å². The van der Waals surface area contributed by atoms with Crippen LogP contribution in [0.5, 0.6) is 0 Å². The molecule has 0 bridgehead atoms. The number of carbonyl (C=O) groups is 1. The van der Waals surface area contributed by atoms with Crippen LogP contribution in [0, 0.1) is 0 Å². The minimum absolute atomic E-state index is 0.0645. The predicted molar refractivity (Wildman–Crippen MR) is 76.9 cm³/mol. The Bertz CT molecular complexity index is 622. The molecule has 0 aliphatic carbocycles. The molecule has 2 heterocycles. The van der Waals surface area contributed by atoms with Crippen LogP contribution >= 0.6 is 27.5 Å². The van der Waals surface area contributed by atoms with Gasteiger partial charge < -0.3 is 10.7 Å². The number of carbonyl (C=O) groups excluding carboxylic acids is 1. The molecule has 2 aromatic heterocycles. The topological polar surface area (TPSA) is 92.9 Å². The lowest BCUT2D eigenvalue weighted by atomic mass is 10.3. The second kappa shape index (κ2) is 5.96. The van der Waals surface area contributed by atoms with Crippen LogP contribution in [0.3, 0.4) is 0 Å². The minimum Gasteiger partial charge on any atom is -0.308 e. The number of aromatic nitrogens is 2. The fraction of sp³-hybridized carbons (Fsp3) is 0. The van der Waals surface area contributed by atoms with Gasteiger partial charge in [-0.15, -0.1) is 0 Å². The molecule has 0 aromatic carbocycles. The summed E-state index contributed by atoms with van der Waals surface area (Å²) in [6.07, 6.45) is 1.56. The van der Waals surface area contributed by atoms with Crippen molar-refractivity contribution >= 4 is 45.1 Å². The molecule has 98 valence electrons. The maximum atomic E-state index is 12.1. The largest absolute Gasteiger partial charge is 0.308 e. The van der Waals surface area contributed by atoms with Crippen LogP contribution in [-0.4, -0.2) is 15.9 Å². The van der Waals surface area contributed by atoms with Crippen molar-refractivity contribution in [1.29, 1.82) is 0 Å². The number of hydrogen-bond donors (Lipinski definition) is 3. The fourth-order valence-electron chi connectivity index (χ4n) is 1.33. The lowest BCUT2D eigenvalue weighted by Crippen LogP contribution is -2.17. The van der Waals surface area contributed by atoms with Gasteiger partial charge in [-0.3, -0.25) is 4.79 Å². The second-order valence-electron chi connectivity index (χ2n) is 3.46. The Morgan fingerprint density at radius 3 is 2.84 bits per heavy atom. The normalized spacial score (nSPS) is 10.1. The highest BCUT2D eigenvalue weighted by Gasteiger charge is 2.15. The number of rotatable bonds is 3. The van der Waals surface area contributed by atoms with Crippen molar-refractivity contribution in [2.24, 2.45) is 5.84 Å². The van der Waals surface area contributed by atoms with Crippen molar-refractivity contribution in [2.75, 3.05) is 10.7 Å². The summed E-state index contributed by atoms with van der Waals surface area (Å²) in [6, 6.07) is 6.60. The number of nitrogens with two attached hydrogens (primary N) is 1. The zero-order valence-electron chi connectivity index (χ0n) is 9.52. The smallest absolute Gasteiger partial charge is 0.277 e. The number of halogens is 2. The zero-order chi connectivity index (χ0) is 13.8. The van der Waals surface area contributed by atoms with Gasteiger partial charge in [-0.05, 0) is 40.2 Å². The number of anilines is 2. The molecule has 2 aromatic rings. The maximum Gasteiger partial charge on any atom is 0.277 e. The Morgan fingerprint density at radius 2 is 2.16 bits per heavy atom. The van der Waals surface area contributed by atoms with Gasteiger partial charge in [-0.1, -0.05) is 11.6 Å². The van der Waals surface area contributed by atoms with Crippen LogP contribution in [0.2, 0.25) is 5.02 Å². The summed E-state index contributed by atoms with van der Waals surface area (Å²) < 4.78 is 0.660. The number of nitrogens with one attached hydrogen (secondary N) is 2. The van der Waals surface area contributed by atoms with Gasteiger partial charge in [-0.2, -0.15) is 0 Å². The first-order valence-corrected chi connectivity index (χ1v) is 6.34. The predicted octanol–water partition coefficient (Wildman–Crippen LogP) is 2.43. The van der Waals surface area contributed by atoms with Crippen molar-refractivity contribution < 1.29 is 4.79 Å². The second-order valence-corrected chi connectivity index (χ2v) is 4.72. The third-order valence-corrected chi connectivity index (χ3v) is 3.14. The SMILES string of the molecule is NNc1ccc(Cl)c(C(=O)Nc2ncccc2Br)n1. The number of hydrazine groups is 1. The molecule has 0 spiro atoms. The zero-order valence-corrected chi connectivity index (χ0v) is 11.9. The van der Waals surface area contributed by atoms with E-state index in [9.17, 15) is 4.79 Å². The molecule has 0 saturated carbocycles. The quantitative estimate of drug-likeness (QED) is 0.588. The van der Waals surface area contributed by atoms with Gasteiger partial charge >= 0.3 is 0 Å². The molecule has 0 atom stereocenters. The standard InChI is InChI=1S/C11H9BrClN5O/c12-6-2-1-5-15-10(6)17-11(19)9-7(13)3-4-8(16-9)18-14/h1-5H,14H2,(H,16,18)(H,15,17,19). The van der Waals surface area contributed by atoms with E-state index in [0.29, 0.717) is 16.1 Å². The van der Waals surface area contributed by atoms with Gasteiger partial charge in [0, 0.05) is 6.20 Å². The van der Waals surface area contributed by atoms with Crippen LogP contribution in [0.4, 0.5) is 11.6 Å². The van der Waals surface area contributed by atoms with E-state index >= 15 is 0 Å². The highest BCUT2D eigenvalue weighted by atomic mass is 79.9. The average Bonchev–Trinajstić information content (AvgIpc) is 2.42. The van der Waals surface area contributed by atoms with Crippen LogP contribution in [0.15, 0.2) is 34.9 Å². The molecule has 6 nitrogen and oxygen atoms in total. The van der Waals surface area contributed by atoms with E-state index in [1.807, 2.05) is 0 Å². The maximum absolute atomic E-state index is 12.1. The van der Waals surface area contributed by atoms with E-state index < -0.39 is 5.91 Å². The molecule has 4 N–H and O–H groups in total. The summed E-state index contributed by atoms with van der Waals surface area (Å²) >= 11 is 9.21. The number of nitrogen functional groups attached to an aromatic ring is 1. The molecule has 0 aliphatic rings. The summed E-state index contributed by atoms with van der Waals surface area (Å²) in [5.74, 6) is 5.50. The van der Waals surface area contributed by atoms with E-state index in [4.69, 9.17) is 17.4 Å². The lowest BCUT2D eigenvalue weighted by molar-refractivity contribution is 0.102. The third kappa shape index (κ3) is 3.19. The molecular formula is C11H9BrClN5O. The Morgan fingerprint density at radius 1 is 1.37 bits per heavy atom. The summed E-state index contributed by atoms with van der Waals surface area (Å²) in [6.45, 7) is 0. The monoisotopic (exact) mass is 341 g/mol. The fourth-order valence-corrected chi connectivity index (χ4v) is 1.87. The molecule has 0 aliphatic heterocycles. The van der Waals surface area contributed by atoms with E-state index in [1.165, 1.54) is 6.07 Å². The van der Waals surface area contributed by atoms with E-state index in [1.54, 1.807) is 24.4 Å². The van der Waals surface area contributed by atoms with E-state index in [2.05, 4.69) is 36.6 Å². The molecule has 0 saturated heterocycles. The number of hydrogen-bond acceptors (Lipinski definition) is 5. The summed E-state index contributed by atoms with van der Waals surface area (Å²) in [5.41, 5.74) is 2.41. The molecule has 19 heavy (non-hydrogen) atoms. The van der Waals surface area contributed by atoms with Crippen molar-refractivity contribution in [1.82, 2.24) is 9.97 Å². The number of pyridine rings is 2. The molecule has 2 rings (SSSR count). The molecular weight excluding hydrogens is 334 g/mol. The third-order valence-electron chi connectivity index (χ3n) is 2.20. The summed E-state index contributed by atoms with van der Waals surface area (Å²) in [5, 5.41) is 2.83. The highest BCUT2D eigenvalue weighted by Crippen LogP contribution is 2.21. The van der Waals surface area contributed by atoms with Crippen LogP contribution in [-0.2, 0) is 0 Å². The Balaban J connectivity index is 2.28. The number of nitrogens with zero attached hydrogens (tertiary/aromatic N) is 2. The van der Waals surface area contributed by atoms with Gasteiger partial charge in [0.2, 0.25) is 0 Å². The van der Waals surface area contributed by atoms with Gasteiger partial charge in [0.1, 0.15) is 17.3 Å². The summed E-state index contributed by atoms with van der Waals surface area (Å²) in [4.78, 5) is 20.1. The van der Waals surface area contributed by atoms with E-state index in [-0.39, 0.29) is 10.7 Å². The molecule has 0 unspecified atom stereocenters. The lowest BCUT2D eigenvalue weighted by Gasteiger charge is -2.08. The molecule has 0 radical (unpaired) electrons. The minimum atomic E-state index is -0.471. The van der Waals surface area contributed by atoms with Gasteiger partial charge in [-0.25, -0.2) is 15.8 Å². The van der Waals surface area contributed by atoms with Gasteiger partial charge in [0.25, 0.3) is 5.91 Å². The Kier molecular flexibility index (Phi) is 4.31. The van der Waals surface area contributed by atoms with E-state index in [0.717, 1.165) is 0 Å². The average molecular weight is 343 g/mol. The summed E-state index contributed by atoms with van der Waals surface area (Å²) in [7, 11) is 0. The molecule has 8 heteroatoms. The van der Waals surface area contributed by atoms with Crippen LogP contribution in [0.1, 0.15) is 10.5 Å². The van der Waals surface area contributed by atoms with Crippen molar-refractivity contribution in [3.8, 4) is 0 Å². The van der Waals surface area contributed by atoms with Gasteiger partial charge in [0.15, 0.2) is 0 Å². The first-order chi connectivity index (χ1) is 9.11. The van der Waals surface area contributed by atoms with Gasteiger partial charge in [0.05, 0.1) is 9.50 Å². The first kappa shape index (κ1) is 13.7. The number of amides is 1. The van der Waals surface area contributed by atoms with Crippen LogP contribution in [0.25, 0.3) is 0 Å². The highest BCUT2D eigenvalue weighted by molar-refractivity contribution is 9.10. The Hall–Kier alpha value is -1.70. The molecule has 1 amide bonds. The molecule has 0 fully saturated rings. The van der Waals surface area contributed by atoms with Crippen molar-refractivity contribution in [3.63, 3.8) is 0 Å². The van der Waals surface area contributed by atoms with Crippen molar-refractivity contribution in [3.05, 3.63) is 45.7 Å².